The quantitative estimate of drug-likeness (QED) is 0.847. The lowest BCUT2D eigenvalue weighted by Crippen LogP contribution is -2.27. The number of nitrogens with zero attached hydrogens (tertiary/aromatic N) is 1. The zero-order chi connectivity index (χ0) is 12.3. The van der Waals surface area contributed by atoms with Crippen molar-refractivity contribution in [1.82, 2.24) is 0 Å². The summed E-state index contributed by atoms with van der Waals surface area (Å²) < 4.78 is 0. The summed E-state index contributed by atoms with van der Waals surface area (Å²) in [6.45, 7) is 0. The maximum atomic E-state index is 10.9. The molecule has 88 valence electrons. The Labute approximate surface area is 101 Å². The molecule has 0 atom stereocenters. The fourth-order valence-electron chi connectivity index (χ4n) is 2.57. The topological polar surface area (TPSA) is 61.1 Å². The van der Waals surface area contributed by atoms with Gasteiger partial charge in [-0.05, 0) is 30.5 Å². The van der Waals surface area contributed by atoms with Gasteiger partial charge in [-0.3, -0.25) is 0 Å². The molecule has 2 rings (SSSR count). The largest absolute Gasteiger partial charge is 0.478 e. The smallest absolute Gasteiger partial charge is 0.335 e. The van der Waals surface area contributed by atoms with E-state index in [-0.39, 0.29) is 5.56 Å². The molecule has 0 aliphatic heterocycles. The number of rotatable bonds is 2. The van der Waals surface area contributed by atoms with E-state index < -0.39 is 11.4 Å². The Balaban J connectivity index is 2.40. The van der Waals surface area contributed by atoms with Crippen molar-refractivity contribution in [1.29, 1.82) is 5.26 Å². The molecule has 1 saturated carbocycles. The SMILES string of the molecule is N#CC1(c2cccc(C(=O)O)c2)CCCCC1. The monoisotopic (exact) mass is 229 g/mol. The highest BCUT2D eigenvalue weighted by atomic mass is 16.4. The van der Waals surface area contributed by atoms with Crippen LogP contribution in [0.2, 0.25) is 0 Å². The summed E-state index contributed by atoms with van der Waals surface area (Å²) in [5.74, 6) is -0.934. The molecule has 17 heavy (non-hydrogen) atoms. The highest BCUT2D eigenvalue weighted by molar-refractivity contribution is 5.87. The third kappa shape index (κ3) is 2.16. The molecule has 0 spiro atoms. The second kappa shape index (κ2) is 4.58. The van der Waals surface area contributed by atoms with E-state index in [4.69, 9.17) is 5.11 Å². The van der Waals surface area contributed by atoms with E-state index in [2.05, 4.69) is 6.07 Å². The first-order valence-corrected chi connectivity index (χ1v) is 5.93. The highest BCUT2D eigenvalue weighted by Gasteiger charge is 2.34. The Morgan fingerprint density at radius 3 is 2.59 bits per heavy atom. The number of benzene rings is 1. The van der Waals surface area contributed by atoms with Gasteiger partial charge in [0.05, 0.1) is 17.0 Å². The number of carboxylic acid groups (broad SMARTS) is 1. The van der Waals surface area contributed by atoms with E-state index >= 15 is 0 Å². The predicted octanol–water partition coefficient (Wildman–Crippen LogP) is 3.11. The van der Waals surface area contributed by atoms with Crippen LogP contribution in [-0.4, -0.2) is 11.1 Å². The molecule has 1 fully saturated rings. The molecule has 0 saturated heterocycles. The summed E-state index contributed by atoms with van der Waals surface area (Å²) in [6, 6.07) is 9.23. The van der Waals surface area contributed by atoms with Gasteiger partial charge in [-0.1, -0.05) is 31.4 Å². The number of aromatic carboxylic acids is 1. The first-order valence-electron chi connectivity index (χ1n) is 5.93. The Morgan fingerprint density at radius 2 is 2.00 bits per heavy atom. The average molecular weight is 229 g/mol. The van der Waals surface area contributed by atoms with Crippen molar-refractivity contribution in [2.45, 2.75) is 37.5 Å². The van der Waals surface area contributed by atoms with E-state index in [1.165, 1.54) is 6.42 Å². The third-order valence-corrected chi connectivity index (χ3v) is 3.58. The van der Waals surface area contributed by atoms with Crippen LogP contribution in [0.15, 0.2) is 24.3 Å². The highest BCUT2D eigenvalue weighted by Crippen LogP contribution is 2.39. The van der Waals surface area contributed by atoms with Gasteiger partial charge in [0.15, 0.2) is 0 Å². The van der Waals surface area contributed by atoms with Crippen LogP contribution < -0.4 is 0 Å². The Morgan fingerprint density at radius 1 is 1.29 bits per heavy atom. The number of hydrogen-bond donors (Lipinski definition) is 1. The van der Waals surface area contributed by atoms with Crippen molar-refractivity contribution in [3.8, 4) is 6.07 Å². The molecule has 0 heterocycles. The predicted molar refractivity (Wildman–Crippen MR) is 63.8 cm³/mol. The molecular weight excluding hydrogens is 214 g/mol. The van der Waals surface area contributed by atoms with Crippen LogP contribution in [0.5, 0.6) is 0 Å². The molecule has 0 aromatic heterocycles. The lowest BCUT2D eigenvalue weighted by atomic mass is 9.70. The van der Waals surface area contributed by atoms with Gasteiger partial charge in [-0.2, -0.15) is 5.26 Å². The van der Waals surface area contributed by atoms with Gasteiger partial charge in [-0.25, -0.2) is 4.79 Å². The van der Waals surface area contributed by atoms with Gasteiger partial charge in [0.1, 0.15) is 0 Å². The van der Waals surface area contributed by atoms with E-state index in [1.54, 1.807) is 18.2 Å². The summed E-state index contributed by atoms with van der Waals surface area (Å²) in [4.78, 5) is 10.9. The van der Waals surface area contributed by atoms with Gasteiger partial charge < -0.3 is 5.11 Å². The molecule has 0 bridgehead atoms. The fourth-order valence-corrected chi connectivity index (χ4v) is 2.57. The van der Waals surface area contributed by atoms with Crippen molar-refractivity contribution >= 4 is 5.97 Å². The average Bonchev–Trinajstić information content (AvgIpc) is 2.39. The molecular formula is C14H15NO2. The van der Waals surface area contributed by atoms with E-state index in [9.17, 15) is 10.1 Å². The Hall–Kier alpha value is -1.82. The summed E-state index contributed by atoms with van der Waals surface area (Å²) >= 11 is 0. The van der Waals surface area contributed by atoms with E-state index in [0.29, 0.717) is 0 Å². The molecule has 1 aromatic rings. The van der Waals surface area contributed by atoms with Crippen LogP contribution >= 0.6 is 0 Å². The van der Waals surface area contributed by atoms with Crippen molar-refractivity contribution < 1.29 is 9.90 Å². The zero-order valence-corrected chi connectivity index (χ0v) is 9.65. The normalized spacial score (nSPS) is 18.3. The minimum Gasteiger partial charge on any atom is -0.478 e. The van der Waals surface area contributed by atoms with Gasteiger partial charge in [-0.15, -0.1) is 0 Å². The van der Waals surface area contributed by atoms with Crippen molar-refractivity contribution in [2.24, 2.45) is 0 Å². The van der Waals surface area contributed by atoms with Crippen LogP contribution in [0.25, 0.3) is 0 Å². The fraction of sp³-hybridized carbons (Fsp3) is 0.429. The Bertz CT molecular complexity index is 467. The molecule has 3 heteroatoms. The minimum atomic E-state index is -0.934. The summed E-state index contributed by atoms with van der Waals surface area (Å²) in [7, 11) is 0. The van der Waals surface area contributed by atoms with Crippen molar-refractivity contribution in [3.05, 3.63) is 35.4 Å². The second-order valence-corrected chi connectivity index (χ2v) is 4.64. The first-order chi connectivity index (χ1) is 8.18. The molecule has 0 unspecified atom stereocenters. The number of nitriles is 1. The van der Waals surface area contributed by atoms with Gasteiger partial charge in [0, 0.05) is 0 Å². The summed E-state index contributed by atoms with van der Waals surface area (Å²) in [5.41, 5.74) is 0.659. The first kappa shape index (κ1) is 11.7. The summed E-state index contributed by atoms with van der Waals surface area (Å²) in [5, 5.41) is 18.4. The van der Waals surface area contributed by atoms with Crippen molar-refractivity contribution in [2.75, 3.05) is 0 Å². The van der Waals surface area contributed by atoms with E-state index in [0.717, 1.165) is 31.2 Å². The second-order valence-electron chi connectivity index (χ2n) is 4.64. The molecule has 0 amide bonds. The van der Waals surface area contributed by atoms with Crippen LogP contribution in [0.4, 0.5) is 0 Å². The molecule has 1 aromatic carbocycles. The third-order valence-electron chi connectivity index (χ3n) is 3.58. The van der Waals surface area contributed by atoms with Gasteiger partial charge in [0.2, 0.25) is 0 Å². The number of carbonyl (C=O) groups is 1. The van der Waals surface area contributed by atoms with Crippen molar-refractivity contribution in [3.63, 3.8) is 0 Å². The zero-order valence-electron chi connectivity index (χ0n) is 9.65. The van der Waals surface area contributed by atoms with Crippen LogP contribution in [0.3, 0.4) is 0 Å². The van der Waals surface area contributed by atoms with Crippen LogP contribution in [0.1, 0.15) is 48.0 Å². The molecule has 0 radical (unpaired) electrons. The molecule has 1 aliphatic rings. The molecule has 1 N–H and O–H groups in total. The van der Waals surface area contributed by atoms with Crippen LogP contribution in [-0.2, 0) is 5.41 Å². The van der Waals surface area contributed by atoms with Gasteiger partial charge >= 0.3 is 5.97 Å². The standard InChI is InChI=1S/C14H15NO2/c15-10-14(7-2-1-3-8-14)12-6-4-5-11(9-12)13(16)17/h4-6,9H,1-3,7-8H2,(H,16,17). The molecule has 3 nitrogen and oxygen atoms in total. The van der Waals surface area contributed by atoms with Crippen LogP contribution in [0, 0.1) is 11.3 Å². The maximum absolute atomic E-state index is 10.9. The summed E-state index contributed by atoms with van der Waals surface area (Å²) in [6.07, 6.45) is 4.94. The lowest BCUT2D eigenvalue weighted by Gasteiger charge is -2.31. The lowest BCUT2D eigenvalue weighted by molar-refractivity contribution is 0.0696. The Kier molecular flexibility index (Phi) is 3.14. The maximum Gasteiger partial charge on any atom is 0.335 e. The van der Waals surface area contributed by atoms with E-state index in [1.807, 2.05) is 6.07 Å². The number of hydrogen-bond acceptors (Lipinski definition) is 2. The minimum absolute atomic E-state index is 0.266. The van der Waals surface area contributed by atoms with Gasteiger partial charge in [0.25, 0.3) is 0 Å². The molecule has 1 aliphatic carbocycles. The number of carboxylic acids is 1.